The molecule has 3 fully saturated rings. The van der Waals surface area contributed by atoms with Crippen molar-refractivity contribution in [3.05, 3.63) is 62.8 Å². The third-order valence-corrected chi connectivity index (χ3v) is 7.67. The molecular formula is C22H16BrN3O5. The van der Waals surface area contributed by atoms with Gasteiger partial charge in [0.2, 0.25) is 0 Å². The zero-order valence-electron chi connectivity index (χ0n) is 16.1. The second-order valence-electron chi connectivity index (χ2n) is 8.57. The number of hydrogen-bond acceptors (Lipinski definition) is 6. The first-order chi connectivity index (χ1) is 14.9. The first kappa shape index (κ1) is 18.7. The fourth-order valence-electron chi connectivity index (χ4n) is 5.72. The number of fused-ring (bicyclic) bond motifs is 3. The van der Waals surface area contributed by atoms with Crippen LogP contribution >= 0.6 is 15.9 Å². The lowest BCUT2D eigenvalue weighted by Gasteiger charge is -2.18. The van der Waals surface area contributed by atoms with E-state index in [1.54, 1.807) is 24.3 Å². The fourth-order valence-corrected chi connectivity index (χ4v) is 6.07. The molecule has 4 atom stereocenters. The maximum atomic E-state index is 12.9. The molecule has 0 N–H and O–H groups in total. The Morgan fingerprint density at radius 1 is 1.13 bits per heavy atom. The molecule has 2 heterocycles. The number of nitro groups is 1. The van der Waals surface area contributed by atoms with E-state index in [-0.39, 0.29) is 46.6 Å². The van der Waals surface area contributed by atoms with Crippen LogP contribution in [-0.2, 0) is 9.59 Å². The maximum Gasteiger partial charge on any atom is 0.281 e. The zero-order chi connectivity index (χ0) is 21.5. The third-order valence-electron chi connectivity index (χ3n) is 7.18. The highest BCUT2D eigenvalue weighted by Crippen LogP contribution is 2.73. The average molecular weight is 482 g/mol. The lowest BCUT2D eigenvalue weighted by atomic mass is 9.85. The van der Waals surface area contributed by atoms with Crippen molar-refractivity contribution in [1.82, 2.24) is 5.01 Å². The molecule has 1 aromatic carbocycles. The SMILES string of the molecule is O=C1[C@@H]2[C@H](C(=O)N1/N=C\c1ccc(-c3ccc(Br)cc3[N+](=O)[O-])o1)[C@H]1C=C[C@H]2C12CC2. The number of nitro benzene ring substituents is 1. The number of carbonyl (C=O) groups is 2. The van der Waals surface area contributed by atoms with Gasteiger partial charge in [-0.2, -0.15) is 10.1 Å². The number of nitrogens with zero attached hydrogens (tertiary/aromatic N) is 3. The van der Waals surface area contributed by atoms with Gasteiger partial charge in [0.1, 0.15) is 11.5 Å². The molecule has 3 aliphatic carbocycles. The highest BCUT2D eigenvalue weighted by molar-refractivity contribution is 9.10. The minimum Gasteiger partial charge on any atom is -0.455 e. The van der Waals surface area contributed by atoms with Crippen molar-refractivity contribution in [2.24, 2.45) is 34.2 Å². The molecule has 2 bridgehead atoms. The van der Waals surface area contributed by atoms with Crippen molar-refractivity contribution in [2.75, 3.05) is 0 Å². The van der Waals surface area contributed by atoms with Crippen LogP contribution in [0, 0.1) is 39.2 Å². The van der Waals surface area contributed by atoms with Gasteiger partial charge in [0.25, 0.3) is 17.5 Å². The highest BCUT2D eigenvalue weighted by atomic mass is 79.9. The molecule has 2 saturated carbocycles. The van der Waals surface area contributed by atoms with Gasteiger partial charge in [-0.05, 0) is 54.4 Å². The Morgan fingerprint density at radius 3 is 2.42 bits per heavy atom. The van der Waals surface area contributed by atoms with E-state index in [9.17, 15) is 19.7 Å². The van der Waals surface area contributed by atoms with Gasteiger partial charge >= 0.3 is 0 Å². The summed E-state index contributed by atoms with van der Waals surface area (Å²) in [6, 6.07) is 7.88. The lowest BCUT2D eigenvalue weighted by molar-refractivity contribution is -0.384. The summed E-state index contributed by atoms with van der Waals surface area (Å²) in [6.45, 7) is 0. The summed E-state index contributed by atoms with van der Waals surface area (Å²) >= 11 is 3.23. The van der Waals surface area contributed by atoms with E-state index in [0.29, 0.717) is 21.6 Å². The van der Waals surface area contributed by atoms with Crippen LogP contribution in [0.1, 0.15) is 18.6 Å². The summed E-state index contributed by atoms with van der Waals surface area (Å²) in [5, 5.41) is 16.5. The van der Waals surface area contributed by atoms with Crippen molar-refractivity contribution in [3.63, 3.8) is 0 Å². The Morgan fingerprint density at radius 2 is 1.81 bits per heavy atom. The number of rotatable bonds is 4. The van der Waals surface area contributed by atoms with E-state index in [1.807, 2.05) is 0 Å². The van der Waals surface area contributed by atoms with Crippen LogP contribution in [0.3, 0.4) is 0 Å². The van der Waals surface area contributed by atoms with Crippen molar-refractivity contribution in [3.8, 4) is 11.3 Å². The van der Waals surface area contributed by atoms with Gasteiger partial charge in [0.05, 0.1) is 28.5 Å². The van der Waals surface area contributed by atoms with Crippen LogP contribution < -0.4 is 0 Å². The number of hydrazone groups is 1. The molecule has 2 amide bonds. The van der Waals surface area contributed by atoms with Crippen molar-refractivity contribution < 1.29 is 18.9 Å². The molecule has 1 aliphatic heterocycles. The minimum atomic E-state index is -0.480. The van der Waals surface area contributed by atoms with Crippen LogP contribution in [0.4, 0.5) is 5.69 Å². The highest BCUT2D eigenvalue weighted by Gasteiger charge is 2.73. The molecule has 6 rings (SSSR count). The predicted octanol–water partition coefficient (Wildman–Crippen LogP) is 4.15. The predicted molar refractivity (Wildman–Crippen MR) is 113 cm³/mol. The van der Waals surface area contributed by atoms with E-state index in [1.165, 1.54) is 12.3 Å². The Bertz CT molecular complexity index is 1190. The monoisotopic (exact) mass is 481 g/mol. The summed E-state index contributed by atoms with van der Waals surface area (Å²) in [5.74, 6) is -0.215. The topological polar surface area (TPSA) is 106 Å². The van der Waals surface area contributed by atoms with Gasteiger partial charge in [-0.1, -0.05) is 28.1 Å². The summed E-state index contributed by atoms with van der Waals surface area (Å²) in [6.07, 6.45) is 7.71. The molecule has 8 nitrogen and oxygen atoms in total. The maximum absolute atomic E-state index is 12.9. The normalized spacial score (nSPS) is 29.5. The summed E-state index contributed by atoms with van der Waals surface area (Å²) in [4.78, 5) is 36.8. The molecular weight excluding hydrogens is 466 g/mol. The van der Waals surface area contributed by atoms with Crippen LogP contribution in [0.15, 0.2) is 56.5 Å². The molecule has 9 heteroatoms. The molecule has 0 radical (unpaired) electrons. The number of halogens is 1. The van der Waals surface area contributed by atoms with E-state index < -0.39 is 4.92 Å². The first-order valence-electron chi connectivity index (χ1n) is 10.0. The number of allylic oxidation sites excluding steroid dienone is 2. The summed E-state index contributed by atoms with van der Waals surface area (Å²) in [7, 11) is 0. The van der Waals surface area contributed by atoms with Gasteiger partial charge < -0.3 is 4.42 Å². The average Bonchev–Trinajstić information content (AvgIpc) is 3.03. The standard InChI is InChI=1S/C22H16BrN3O5/c23-11-1-3-13(16(9-11)26(29)30)17-6-2-12(31-17)10-24-25-20(27)18-14-4-5-15(19(18)21(25)28)22(14)7-8-22/h1-6,9-10,14-15,18-19H,7-8H2/b24-10-/t14-,15-,18-,19+/m1/s1. The van der Waals surface area contributed by atoms with E-state index in [0.717, 1.165) is 17.9 Å². The number of carbonyl (C=O) groups excluding carboxylic acids is 2. The Kier molecular flexibility index (Phi) is 3.75. The molecule has 1 spiro atoms. The van der Waals surface area contributed by atoms with E-state index in [4.69, 9.17) is 4.42 Å². The van der Waals surface area contributed by atoms with Crippen molar-refractivity contribution in [2.45, 2.75) is 12.8 Å². The number of benzene rings is 1. The number of amides is 2. The second-order valence-corrected chi connectivity index (χ2v) is 9.49. The molecule has 0 unspecified atom stereocenters. The van der Waals surface area contributed by atoms with Gasteiger partial charge in [-0.3, -0.25) is 19.7 Å². The number of furan rings is 1. The number of hydrogen-bond donors (Lipinski definition) is 0. The summed E-state index contributed by atoms with van der Waals surface area (Å²) < 4.78 is 6.28. The first-order valence-corrected chi connectivity index (χ1v) is 10.8. The molecule has 31 heavy (non-hydrogen) atoms. The van der Waals surface area contributed by atoms with Gasteiger partial charge in [0, 0.05) is 10.5 Å². The zero-order valence-corrected chi connectivity index (χ0v) is 17.7. The van der Waals surface area contributed by atoms with E-state index in [2.05, 4.69) is 33.2 Å². The third kappa shape index (κ3) is 2.49. The van der Waals surface area contributed by atoms with Crippen molar-refractivity contribution in [1.29, 1.82) is 0 Å². The van der Waals surface area contributed by atoms with Crippen molar-refractivity contribution >= 4 is 39.6 Å². The number of imide groups is 1. The quantitative estimate of drug-likeness (QED) is 0.214. The Labute approximate surface area is 184 Å². The molecule has 2 aromatic rings. The minimum absolute atomic E-state index is 0.0954. The molecule has 4 aliphatic rings. The van der Waals surface area contributed by atoms with Crippen LogP contribution in [-0.4, -0.2) is 28.0 Å². The van der Waals surface area contributed by atoms with E-state index >= 15 is 0 Å². The molecule has 1 saturated heterocycles. The van der Waals surface area contributed by atoms with Gasteiger partial charge in [-0.25, -0.2) is 0 Å². The smallest absolute Gasteiger partial charge is 0.281 e. The second kappa shape index (κ2) is 6.23. The molecule has 1 aromatic heterocycles. The van der Waals surface area contributed by atoms with Crippen LogP contribution in [0.2, 0.25) is 0 Å². The van der Waals surface area contributed by atoms with Gasteiger partial charge in [-0.15, -0.1) is 0 Å². The Hall–Kier alpha value is -3.07. The lowest BCUT2D eigenvalue weighted by Crippen LogP contribution is -2.30. The summed E-state index contributed by atoms with van der Waals surface area (Å²) in [5.41, 5.74) is 0.376. The van der Waals surface area contributed by atoms with Crippen LogP contribution in [0.5, 0.6) is 0 Å². The Balaban J connectivity index is 1.25. The molecule has 156 valence electrons. The van der Waals surface area contributed by atoms with Gasteiger partial charge in [0.15, 0.2) is 0 Å². The fraction of sp³-hybridized carbons (Fsp3) is 0.318. The largest absolute Gasteiger partial charge is 0.455 e. The van der Waals surface area contributed by atoms with Crippen LogP contribution in [0.25, 0.3) is 11.3 Å².